The van der Waals surface area contributed by atoms with E-state index in [9.17, 15) is 34.8 Å². The molecule has 2 bridgehead atoms. The van der Waals surface area contributed by atoms with Crippen LogP contribution in [0.4, 0.5) is 32.0 Å². The molecule has 2 heterocycles. The molecule has 1 aromatic heterocycles. The van der Waals surface area contributed by atoms with E-state index in [1.54, 1.807) is 4.90 Å². The fourth-order valence-electron chi connectivity index (χ4n) is 5.47. The molecule has 186 valence electrons. The maximum absolute atomic E-state index is 13.5. The summed E-state index contributed by atoms with van der Waals surface area (Å²) in [6, 6.07) is 2.20. The van der Waals surface area contributed by atoms with Gasteiger partial charge in [-0.1, -0.05) is 0 Å². The van der Waals surface area contributed by atoms with Crippen molar-refractivity contribution in [2.24, 2.45) is 11.3 Å². The lowest BCUT2D eigenvalue weighted by atomic mass is 9.41. The summed E-state index contributed by atoms with van der Waals surface area (Å²) < 4.78 is 107. The molecule has 1 atom stereocenters. The SMILES string of the molecule is O=S(=O)(N1Cc2cc(C(F)(F)F)ccc2N(Cc2[nH]cnc2Br)[C@H](C23CC(C2)C3)C1)C(F)(F)F. The number of imidazole rings is 1. The van der Waals surface area contributed by atoms with Gasteiger partial charge in [0, 0.05) is 24.8 Å². The number of fused-ring (bicyclic) bond motifs is 1. The highest BCUT2D eigenvalue weighted by molar-refractivity contribution is 9.10. The van der Waals surface area contributed by atoms with E-state index >= 15 is 0 Å². The molecule has 34 heavy (non-hydrogen) atoms. The van der Waals surface area contributed by atoms with Gasteiger partial charge in [-0.05, 0) is 70.3 Å². The van der Waals surface area contributed by atoms with Gasteiger partial charge in [-0.25, -0.2) is 13.4 Å². The first-order valence-electron chi connectivity index (χ1n) is 10.4. The van der Waals surface area contributed by atoms with Crippen molar-refractivity contribution in [3.05, 3.63) is 46.0 Å². The van der Waals surface area contributed by atoms with Gasteiger partial charge >= 0.3 is 21.7 Å². The largest absolute Gasteiger partial charge is 0.511 e. The van der Waals surface area contributed by atoms with Gasteiger partial charge in [-0.3, -0.25) is 0 Å². The number of halogens is 7. The summed E-state index contributed by atoms with van der Waals surface area (Å²) in [5, 5.41) is 0. The molecule has 0 radical (unpaired) electrons. The summed E-state index contributed by atoms with van der Waals surface area (Å²) in [6.45, 7) is -1.18. The maximum Gasteiger partial charge on any atom is 0.511 e. The number of hydrogen-bond donors (Lipinski definition) is 1. The molecule has 1 aromatic carbocycles. The Kier molecular flexibility index (Phi) is 5.34. The number of aromatic nitrogens is 2. The predicted octanol–water partition coefficient (Wildman–Crippen LogP) is 5.03. The number of H-pyrrole nitrogens is 1. The molecule has 3 saturated carbocycles. The number of rotatable bonds is 4. The van der Waals surface area contributed by atoms with E-state index in [1.807, 2.05) is 0 Å². The molecule has 1 N–H and O–H groups in total. The van der Waals surface area contributed by atoms with E-state index in [-0.39, 0.29) is 23.2 Å². The van der Waals surface area contributed by atoms with Crippen LogP contribution < -0.4 is 4.90 Å². The van der Waals surface area contributed by atoms with E-state index < -0.39 is 46.4 Å². The second-order valence-electron chi connectivity index (χ2n) is 9.24. The van der Waals surface area contributed by atoms with Crippen molar-refractivity contribution in [2.45, 2.75) is 50.1 Å². The van der Waals surface area contributed by atoms with Crippen LogP contribution in [0.3, 0.4) is 0 Å². The third-order valence-electron chi connectivity index (χ3n) is 7.23. The van der Waals surface area contributed by atoms with Gasteiger partial charge in [0.05, 0.1) is 24.1 Å². The maximum atomic E-state index is 13.5. The summed E-state index contributed by atoms with van der Waals surface area (Å²) in [7, 11) is -5.77. The minimum absolute atomic E-state index is 0.107. The Hall–Kier alpha value is -1.80. The van der Waals surface area contributed by atoms with E-state index in [2.05, 4.69) is 25.9 Å². The summed E-state index contributed by atoms with van der Waals surface area (Å²) in [6.07, 6.45) is -1.09. The Morgan fingerprint density at radius 1 is 1.15 bits per heavy atom. The number of hydrogen-bond acceptors (Lipinski definition) is 4. The Bertz CT molecular complexity index is 1210. The van der Waals surface area contributed by atoms with Crippen molar-refractivity contribution in [3.63, 3.8) is 0 Å². The summed E-state index contributed by atoms with van der Waals surface area (Å²) >= 11 is 3.30. The molecule has 4 aliphatic rings. The highest BCUT2D eigenvalue weighted by Crippen LogP contribution is 2.67. The molecule has 14 heteroatoms. The summed E-state index contributed by atoms with van der Waals surface area (Å²) in [5.41, 5.74) is -6.28. The van der Waals surface area contributed by atoms with E-state index in [0.717, 1.165) is 31.4 Å². The molecule has 0 unspecified atom stereocenters. The van der Waals surface area contributed by atoms with Crippen molar-refractivity contribution in [1.29, 1.82) is 0 Å². The highest BCUT2D eigenvalue weighted by atomic mass is 79.9. The first-order valence-corrected chi connectivity index (χ1v) is 12.7. The minimum Gasteiger partial charge on any atom is -0.360 e. The number of anilines is 1. The van der Waals surface area contributed by atoms with Crippen LogP contribution in [-0.2, 0) is 29.3 Å². The predicted molar refractivity (Wildman–Crippen MR) is 113 cm³/mol. The first-order chi connectivity index (χ1) is 15.7. The number of aromatic amines is 1. The quantitative estimate of drug-likeness (QED) is 0.522. The third kappa shape index (κ3) is 3.72. The number of nitrogens with zero attached hydrogens (tertiary/aromatic N) is 3. The zero-order valence-corrected chi connectivity index (χ0v) is 19.8. The molecular weight excluding hydrogens is 554 g/mol. The summed E-state index contributed by atoms with van der Waals surface area (Å²) in [4.78, 5) is 8.74. The van der Waals surface area contributed by atoms with E-state index in [0.29, 0.717) is 20.5 Å². The van der Waals surface area contributed by atoms with Crippen LogP contribution in [0.25, 0.3) is 0 Å². The molecule has 6 rings (SSSR count). The standard InChI is InChI=1S/C20H19BrF6N4O2S/c21-17-14(28-10-29-17)8-31-15-2-1-13(19(22,23)24)3-12(15)7-30(34(32,33)20(25,26)27)9-16(31)18-4-11(5-18)6-18/h1-3,10-11,16H,4-9H2,(H,28,29)/t11?,16-,18?/m0/s1. The van der Waals surface area contributed by atoms with Gasteiger partial charge < -0.3 is 9.88 Å². The highest BCUT2D eigenvalue weighted by Gasteiger charge is 2.63. The van der Waals surface area contributed by atoms with Gasteiger partial charge in [0.1, 0.15) is 4.60 Å². The molecule has 3 aliphatic carbocycles. The van der Waals surface area contributed by atoms with Crippen molar-refractivity contribution in [1.82, 2.24) is 14.3 Å². The normalized spacial score (nSPS) is 27.6. The number of nitrogens with one attached hydrogen (secondary N) is 1. The molecule has 3 fully saturated rings. The zero-order chi connectivity index (χ0) is 24.7. The lowest BCUT2D eigenvalue weighted by molar-refractivity contribution is -0.137. The molecular formula is C20H19BrF6N4O2S. The van der Waals surface area contributed by atoms with Gasteiger partial charge in [0.15, 0.2) is 0 Å². The Balaban J connectivity index is 1.66. The number of benzene rings is 1. The lowest BCUT2D eigenvalue weighted by Gasteiger charge is -2.67. The van der Waals surface area contributed by atoms with E-state index in [4.69, 9.17) is 0 Å². The summed E-state index contributed by atoms with van der Waals surface area (Å²) in [5.74, 6) is 0.448. The van der Waals surface area contributed by atoms with Crippen LogP contribution in [0.1, 0.15) is 36.1 Å². The second kappa shape index (κ2) is 7.60. The number of alkyl halides is 6. The minimum atomic E-state index is -5.77. The molecule has 0 amide bonds. The fourth-order valence-corrected chi connectivity index (χ4v) is 6.75. The van der Waals surface area contributed by atoms with Gasteiger partial charge in [-0.15, -0.1) is 0 Å². The van der Waals surface area contributed by atoms with Crippen LogP contribution in [0.5, 0.6) is 0 Å². The molecule has 0 saturated heterocycles. The smallest absolute Gasteiger partial charge is 0.360 e. The van der Waals surface area contributed by atoms with Crippen molar-refractivity contribution >= 4 is 31.6 Å². The van der Waals surface area contributed by atoms with Crippen LogP contribution in [0.15, 0.2) is 29.1 Å². The van der Waals surface area contributed by atoms with Crippen molar-refractivity contribution in [3.8, 4) is 0 Å². The Labute approximate surface area is 199 Å². The first kappa shape index (κ1) is 23.9. The topological polar surface area (TPSA) is 69.3 Å². The second-order valence-corrected chi connectivity index (χ2v) is 11.9. The zero-order valence-electron chi connectivity index (χ0n) is 17.4. The lowest BCUT2D eigenvalue weighted by Crippen LogP contribution is -2.66. The van der Waals surface area contributed by atoms with Crippen LogP contribution >= 0.6 is 15.9 Å². The van der Waals surface area contributed by atoms with Crippen molar-refractivity contribution < 1.29 is 34.8 Å². The van der Waals surface area contributed by atoms with Crippen LogP contribution in [0.2, 0.25) is 0 Å². The van der Waals surface area contributed by atoms with Gasteiger partial charge in [-0.2, -0.15) is 30.6 Å². The Morgan fingerprint density at radius 3 is 2.32 bits per heavy atom. The van der Waals surface area contributed by atoms with Crippen LogP contribution in [0, 0.1) is 11.3 Å². The monoisotopic (exact) mass is 572 g/mol. The molecule has 6 nitrogen and oxygen atoms in total. The van der Waals surface area contributed by atoms with Crippen molar-refractivity contribution in [2.75, 3.05) is 11.4 Å². The molecule has 2 aromatic rings. The third-order valence-corrected chi connectivity index (χ3v) is 9.46. The van der Waals surface area contributed by atoms with Crippen LogP contribution in [-0.4, -0.2) is 40.8 Å². The fraction of sp³-hybridized carbons (Fsp3) is 0.550. The van der Waals surface area contributed by atoms with E-state index in [1.165, 1.54) is 12.4 Å². The average Bonchev–Trinajstić information content (AvgIpc) is 2.97. The number of sulfonamides is 1. The van der Waals surface area contributed by atoms with Gasteiger partial charge in [0.2, 0.25) is 0 Å². The molecule has 1 aliphatic heterocycles. The molecule has 0 spiro atoms. The average molecular weight is 573 g/mol. The Morgan fingerprint density at radius 2 is 1.82 bits per heavy atom. The van der Waals surface area contributed by atoms with Gasteiger partial charge in [0.25, 0.3) is 0 Å².